The largest absolute Gasteiger partial charge is 0.497 e. The highest BCUT2D eigenvalue weighted by Crippen LogP contribution is 2.19. The lowest BCUT2D eigenvalue weighted by atomic mass is 10.1. The second kappa shape index (κ2) is 7.09. The Balaban J connectivity index is 1.54. The van der Waals surface area contributed by atoms with Crippen LogP contribution < -0.4 is 15.4 Å². The van der Waals surface area contributed by atoms with Crippen molar-refractivity contribution in [2.24, 2.45) is 0 Å². The van der Waals surface area contributed by atoms with Crippen molar-refractivity contribution in [3.63, 3.8) is 0 Å². The maximum absolute atomic E-state index is 12.0. The van der Waals surface area contributed by atoms with Gasteiger partial charge in [-0.1, -0.05) is 12.1 Å². The van der Waals surface area contributed by atoms with Crippen LogP contribution in [-0.4, -0.2) is 35.6 Å². The van der Waals surface area contributed by atoms with E-state index in [1.807, 2.05) is 18.2 Å². The number of hydrogen-bond donors (Lipinski definition) is 2. The highest BCUT2D eigenvalue weighted by atomic mass is 16.5. The van der Waals surface area contributed by atoms with E-state index in [2.05, 4.69) is 26.7 Å². The molecule has 2 N–H and O–H groups in total. The van der Waals surface area contributed by atoms with E-state index in [1.165, 1.54) is 11.9 Å². The van der Waals surface area contributed by atoms with Crippen molar-refractivity contribution in [2.45, 2.75) is 25.3 Å². The molecule has 120 valence electrons. The molecule has 0 unspecified atom stereocenters. The molecular formula is C17H20N4O2. The minimum atomic E-state index is -0.134. The van der Waals surface area contributed by atoms with Gasteiger partial charge in [-0.25, -0.2) is 9.97 Å². The molecule has 1 fully saturated rings. The number of carbonyl (C=O) groups excluding carboxylic acids is 1. The van der Waals surface area contributed by atoms with Gasteiger partial charge < -0.3 is 15.4 Å². The molecule has 3 rings (SSSR count). The monoisotopic (exact) mass is 312 g/mol. The van der Waals surface area contributed by atoms with Gasteiger partial charge in [0.1, 0.15) is 23.6 Å². The Hall–Kier alpha value is -2.63. The molecule has 1 saturated carbocycles. The standard InChI is InChI=1S/C17H20N4O2/c1-23-14-4-2-3-12(9-14)7-8-18-16-10-15(19-11-20-16)17(22)21-13-5-6-13/h2-4,9-11,13H,5-8H2,1H3,(H,21,22)(H,18,19,20). The molecule has 0 bridgehead atoms. The normalized spacial score (nSPS) is 13.4. The molecule has 6 heteroatoms. The summed E-state index contributed by atoms with van der Waals surface area (Å²) in [6.07, 6.45) is 4.37. The summed E-state index contributed by atoms with van der Waals surface area (Å²) < 4.78 is 5.21. The fourth-order valence-electron chi connectivity index (χ4n) is 2.23. The number of hydrogen-bond acceptors (Lipinski definition) is 5. The van der Waals surface area contributed by atoms with Crippen molar-refractivity contribution < 1.29 is 9.53 Å². The van der Waals surface area contributed by atoms with Gasteiger partial charge in [0.25, 0.3) is 5.91 Å². The summed E-state index contributed by atoms with van der Waals surface area (Å²) >= 11 is 0. The molecule has 0 spiro atoms. The molecule has 1 aliphatic rings. The van der Waals surface area contributed by atoms with E-state index in [9.17, 15) is 4.79 Å². The molecule has 1 aliphatic carbocycles. The number of methoxy groups -OCH3 is 1. The Morgan fingerprint density at radius 1 is 1.30 bits per heavy atom. The summed E-state index contributed by atoms with van der Waals surface area (Å²) in [5.41, 5.74) is 1.58. The Bertz CT molecular complexity index is 686. The van der Waals surface area contributed by atoms with Crippen LogP contribution in [0.5, 0.6) is 5.75 Å². The van der Waals surface area contributed by atoms with Crippen LogP contribution in [0.2, 0.25) is 0 Å². The molecule has 1 aromatic carbocycles. The highest BCUT2D eigenvalue weighted by molar-refractivity contribution is 5.93. The fraction of sp³-hybridized carbons (Fsp3) is 0.353. The molecule has 6 nitrogen and oxygen atoms in total. The lowest BCUT2D eigenvalue weighted by Crippen LogP contribution is -2.26. The van der Waals surface area contributed by atoms with Crippen LogP contribution in [0.3, 0.4) is 0 Å². The number of anilines is 1. The Kier molecular flexibility index (Phi) is 4.71. The van der Waals surface area contributed by atoms with Crippen molar-refractivity contribution in [3.8, 4) is 5.75 Å². The molecule has 0 aliphatic heterocycles. The van der Waals surface area contributed by atoms with E-state index in [0.717, 1.165) is 25.0 Å². The van der Waals surface area contributed by atoms with Gasteiger partial charge in [-0.3, -0.25) is 4.79 Å². The highest BCUT2D eigenvalue weighted by Gasteiger charge is 2.24. The quantitative estimate of drug-likeness (QED) is 0.818. The molecule has 23 heavy (non-hydrogen) atoms. The van der Waals surface area contributed by atoms with E-state index in [4.69, 9.17) is 4.74 Å². The van der Waals surface area contributed by atoms with Crippen molar-refractivity contribution in [3.05, 3.63) is 47.9 Å². The zero-order chi connectivity index (χ0) is 16.1. The van der Waals surface area contributed by atoms with Gasteiger partial charge in [0.15, 0.2) is 0 Å². The van der Waals surface area contributed by atoms with E-state index < -0.39 is 0 Å². The third-order valence-electron chi connectivity index (χ3n) is 3.67. The summed E-state index contributed by atoms with van der Waals surface area (Å²) in [5, 5.41) is 6.14. The predicted molar refractivity (Wildman–Crippen MR) is 87.7 cm³/mol. The van der Waals surface area contributed by atoms with Gasteiger partial charge in [-0.2, -0.15) is 0 Å². The van der Waals surface area contributed by atoms with E-state index >= 15 is 0 Å². The Morgan fingerprint density at radius 3 is 2.96 bits per heavy atom. The summed E-state index contributed by atoms with van der Waals surface area (Å²) in [5.74, 6) is 1.37. The second-order valence-corrected chi connectivity index (χ2v) is 5.56. The Labute approximate surface area is 135 Å². The van der Waals surface area contributed by atoms with Crippen molar-refractivity contribution in [1.82, 2.24) is 15.3 Å². The van der Waals surface area contributed by atoms with Crippen molar-refractivity contribution in [1.29, 1.82) is 0 Å². The summed E-state index contributed by atoms with van der Waals surface area (Å²) in [4.78, 5) is 20.2. The molecule has 0 saturated heterocycles. The second-order valence-electron chi connectivity index (χ2n) is 5.56. The lowest BCUT2D eigenvalue weighted by Gasteiger charge is -2.08. The topological polar surface area (TPSA) is 76.1 Å². The zero-order valence-electron chi connectivity index (χ0n) is 13.1. The average molecular weight is 312 g/mol. The number of benzene rings is 1. The van der Waals surface area contributed by atoms with Gasteiger partial charge in [0.05, 0.1) is 7.11 Å². The number of nitrogens with one attached hydrogen (secondary N) is 2. The fourth-order valence-corrected chi connectivity index (χ4v) is 2.23. The molecular weight excluding hydrogens is 292 g/mol. The minimum Gasteiger partial charge on any atom is -0.497 e. The molecule has 0 atom stereocenters. The summed E-state index contributed by atoms with van der Waals surface area (Å²) in [7, 11) is 1.66. The van der Waals surface area contributed by atoms with Crippen LogP contribution in [0.25, 0.3) is 0 Å². The maximum atomic E-state index is 12.0. The number of rotatable bonds is 7. The molecule has 0 radical (unpaired) electrons. The van der Waals surface area contributed by atoms with Crippen molar-refractivity contribution >= 4 is 11.7 Å². The van der Waals surface area contributed by atoms with E-state index in [-0.39, 0.29) is 5.91 Å². The maximum Gasteiger partial charge on any atom is 0.270 e. The summed E-state index contributed by atoms with van der Waals surface area (Å²) in [6, 6.07) is 9.96. The van der Waals surface area contributed by atoms with Crippen LogP contribution >= 0.6 is 0 Å². The first-order chi connectivity index (χ1) is 11.2. The minimum absolute atomic E-state index is 0.134. The van der Waals surface area contributed by atoms with E-state index in [1.54, 1.807) is 13.2 Å². The SMILES string of the molecule is COc1cccc(CCNc2cc(C(=O)NC3CC3)ncn2)c1. The van der Waals surface area contributed by atoms with Gasteiger partial charge in [0, 0.05) is 18.7 Å². The first-order valence-electron chi connectivity index (χ1n) is 7.74. The summed E-state index contributed by atoms with van der Waals surface area (Å²) in [6.45, 7) is 0.716. The van der Waals surface area contributed by atoms with Crippen LogP contribution in [0.4, 0.5) is 5.82 Å². The number of carbonyl (C=O) groups is 1. The van der Waals surface area contributed by atoms with Crippen LogP contribution in [0, 0.1) is 0 Å². The van der Waals surface area contributed by atoms with Crippen molar-refractivity contribution in [2.75, 3.05) is 19.0 Å². The number of amides is 1. The van der Waals surface area contributed by atoms with Crippen LogP contribution in [0.15, 0.2) is 36.7 Å². The van der Waals surface area contributed by atoms with Gasteiger partial charge in [0.2, 0.25) is 0 Å². The van der Waals surface area contributed by atoms with Gasteiger partial charge in [-0.05, 0) is 37.0 Å². The molecule has 1 aromatic heterocycles. The van der Waals surface area contributed by atoms with E-state index in [0.29, 0.717) is 24.1 Å². The lowest BCUT2D eigenvalue weighted by molar-refractivity contribution is 0.0946. The van der Waals surface area contributed by atoms with Crippen LogP contribution in [0.1, 0.15) is 28.9 Å². The average Bonchev–Trinajstić information content (AvgIpc) is 3.39. The smallest absolute Gasteiger partial charge is 0.270 e. The molecule has 2 aromatic rings. The third-order valence-corrected chi connectivity index (χ3v) is 3.67. The first-order valence-corrected chi connectivity index (χ1v) is 7.74. The van der Waals surface area contributed by atoms with Gasteiger partial charge in [-0.15, -0.1) is 0 Å². The Morgan fingerprint density at radius 2 is 2.17 bits per heavy atom. The number of nitrogens with zero attached hydrogens (tertiary/aromatic N) is 2. The molecule has 1 amide bonds. The third kappa shape index (κ3) is 4.42. The number of aromatic nitrogens is 2. The number of ether oxygens (including phenoxy) is 1. The predicted octanol–water partition coefficient (Wildman–Crippen LogP) is 2.03. The van der Waals surface area contributed by atoms with Gasteiger partial charge >= 0.3 is 0 Å². The van der Waals surface area contributed by atoms with Crippen LogP contribution in [-0.2, 0) is 6.42 Å². The zero-order valence-corrected chi connectivity index (χ0v) is 13.1. The first kappa shape index (κ1) is 15.3. The molecule has 1 heterocycles.